The Morgan fingerprint density at radius 1 is 0.966 bits per heavy atom. The van der Waals surface area contributed by atoms with Gasteiger partial charge in [-0.15, -0.1) is 11.3 Å². The second-order valence-corrected chi connectivity index (χ2v) is 9.49. The molecule has 0 atom stereocenters. The molecule has 3 aromatic rings. The van der Waals surface area contributed by atoms with Crippen LogP contribution in [-0.4, -0.2) is 20.2 Å². The first kappa shape index (κ1) is 21.0. The Bertz CT molecular complexity index is 1160. The van der Waals surface area contributed by atoms with Crippen LogP contribution in [0, 0.1) is 6.92 Å². The Labute approximate surface area is 180 Å². The first-order valence-electron chi connectivity index (χ1n) is 8.29. The maximum Gasteiger partial charge on any atom is 0.279 e. The maximum absolute atomic E-state index is 12.7. The number of aryl methyl sites for hydroxylation is 1. The molecule has 10 heteroatoms. The summed E-state index contributed by atoms with van der Waals surface area (Å²) in [5.41, 5.74) is 5.94. The third-order valence-electron chi connectivity index (χ3n) is 3.81. The SMILES string of the molecule is Cc1ccc(Br)c(NS(=O)(=O)c2cccc(C(=O)NNC(=O)c3cccs3)c2)c1. The Kier molecular flexibility index (Phi) is 6.36. The first-order chi connectivity index (χ1) is 13.8. The molecule has 0 saturated carbocycles. The molecule has 7 nitrogen and oxygen atoms in total. The first-order valence-corrected chi connectivity index (χ1v) is 11.4. The number of sulfonamides is 1. The van der Waals surface area contributed by atoms with E-state index in [1.165, 1.54) is 35.6 Å². The van der Waals surface area contributed by atoms with Crippen LogP contribution in [0.5, 0.6) is 0 Å². The molecule has 0 fully saturated rings. The molecule has 1 aromatic heterocycles. The van der Waals surface area contributed by atoms with Gasteiger partial charge in [-0.1, -0.05) is 18.2 Å². The number of nitrogens with one attached hydrogen (secondary N) is 3. The van der Waals surface area contributed by atoms with E-state index in [0.717, 1.165) is 5.56 Å². The molecule has 0 saturated heterocycles. The molecule has 0 bridgehead atoms. The van der Waals surface area contributed by atoms with Crippen molar-refractivity contribution >= 4 is 54.8 Å². The van der Waals surface area contributed by atoms with E-state index in [2.05, 4.69) is 31.5 Å². The predicted molar refractivity (Wildman–Crippen MR) is 115 cm³/mol. The molecule has 0 aliphatic rings. The van der Waals surface area contributed by atoms with E-state index in [9.17, 15) is 18.0 Å². The van der Waals surface area contributed by atoms with E-state index in [1.54, 1.807) is 29.6 Å². The van der Waals surface area contributed by atoms with Gasteiger partial charge < -0.3 is 0 Å². The van der Waals surface area contributed by atoms with Crippen LogP contribution in [0.4, 0.5) is 5.69 Å². The zero-order valence-electron chi connectivity index (χ0n) is 15.1. The minimum atomic E-state index is -3.92. The molecule has 150 valence electrons. The average Bonchev–Trinajstić information content (AvgIpc) is 3.23. The highest BCUT2D eigenvalue weighted by Gasteiger charge is 2.18. The van der Waals surface area contributed by atoms with Crippen molar-refractivity contribution in [3.8, 4) is 0 Å². The van der Waals surface area contributed by atoms with Crippen molar-refractivity contribution < 1.29 is 18.0 Å². The molecule has 0 radical (unpaired) electrons. The number of thiophene rings is 1. The van der Waals surface area contributed by atoms with Crippen molar-refractivity contribution in [3.63, 3.8) is 0 Å². The average molecular weight is 494 g/mol. The quantitative estimate of drug-likeness (QED) is 0.471. The van der Waals surface area contributed by atoms with Crippen molar-refractivity contribution in [3.05, 3.63) is 80.5 Å². The van der Waals surface area contributed by atoms with E-state index in [1.807, 2.05) is 13.0 Å². The summed E-state index contributed by atoms with van der Waals surface area (Å²) < 4.78 is 28.6. The van der Waals surface area contributed by atoms with Gasteiger partial charge in [0, 0.05) is 10.0 Å². The Balaban J connectivity index is 1.74. The molecule has 3 rings (SSSR count). The molecule has 29 heavy (non-hydrogen) atoms. The van der Waals surface area contributed by atoms with Gasteiger partial charge in [0.1, 0.15) is 0 Å². The number of halogens is 1. The molecule has 2 aromatic carbocycles. The van der Waals surface area contributed by atoms with Gasteiger partial charge in [-0.25, -0.2) is 8.42 Å². The van der Waals surface area contributed by atoms with Crippen molar-refractivity contribution in [2.24, 2.45) is 0 Å². The lowest BCUT2D eigenvalue weighted by Gasteiger charge is -2.12. The van der Waals surface area contributed by atoms with E-state index in [-0.39, 0.29) is 10.5 Å². The lowest BCUT2D eigenvalue weighted by atomic mass is 10.2. The van der Waals surface area contributed by atoms with Gasteiger partial charge in [0.05, 0.1) is 15.5 Å². The fourth-order valence-corrected chi connectivity index (χ4v) is 4.59. The van der Waals surface area contributed by atoms with Crippen LogP contribution in [0.2, 0.25) is 0 Å². The second kappa shape index (κ2) is 8.76. The summed E-state index contributed by atoms with van der Waals surface area (Å²) in [4.78, 5) is 24.6. The second-order valence-electron chi connectivity index (χ2n) is 6.00. The van der Waals surface area contributed by atoms with Crippen molar-refractivity contribution in [2.45, 2.75) is 11.8 Å². The molecule has 3 N–H and O–H groups in total. The van der Waals surface area contributed by atoms with Gasteiger partial charge in [0.15, 0.2) is 0 Å². The topological polar surface area (TPSA) is 104 Å². The Hall–Kier alpha value is -2.69. The largest absolute Gasteiger partial charge is 0.279 e. The smallest absolute Gasteiger partial charge is 0.278 e. The monoisotopic (exact) mass is 493 g/mol. The van der Waals surface area contributed by atoms with Gasteiger partial charge in [0.2, 0.25) is 0 Å². The molecule has 0 aliphatic heterocycles. The Morgan fingerprint density at radius 2 is 1.72 bits per heavy atom. The van der Waals surface area contributed by atoms with Gasteiger partial charge in [-0.3, -0.25) is 25.2 Å². The minimum Gasteiger partial charge on any atom is -0.278 e. The minimum absolute atomic E-state index is 0.0804. The van der Waals surface area contributed by atoms with Crippen LogP contribution >= 0.6 is 27.3 Å². The van der Waals surface area contributed by atoms with E-state index in [0.29, 0.717) is 15.0 Å². The number of carbonyl (C=O) groups is 2. The normalized spacial score (nSPS) is 11.0. The number of benzene rings is 2. The van der Waals surface area contributed by atoms with Crippen LogP contribution < -0.4 is 15.6 Å². The zero-order valence-corrected chi connectivity index (χ0v) is 18.3. The van der Waals surface area contributed by atoms with Crippen molar-refractivity contribution in [2.75, 3.05) is 4.72 Å². The number of carbonyl (C=O) groups excluding carboxylic acids is 2. The van der Waals surface area contributed by atoms with Crippen LogP contribution in [0.15, 0.2) is 69.3 Å². The molecular weight excluding hydrogens is 478 g/mol. The summed E-state index contributed by atoms with van der Waals surface area (Å²) in [6.07, 6.45) is 0. The fourth-order valence-electron chi connectivity index (χ4n) is 2.38. The fraction of sp³-hybridized carbons (Fsp3) is 0.0526. The molecular formula is C19H16BrN3O4S2. The summed E-state index contributed by atoms with van der Waals surface area (Å²) in [5, 5.41) is 1.74. The van der Waals surface area contributed by atoms with Crippen molar-refractivity contribution in [1.82, 2.24) is 10.9 Å². The van der Waals surface area contributed by atoms with Crippen LogP contribution in [0.25, 0.3) is 0 Å². The standard InChI is InChI=1S/C19H16BrN3O4S2/c1-12-7-8-15(20)16(10-12)23-29(26,27)14-5-2-4-13(11-14)18(24)21-22-19(25)17-6-3-9-28-17/h2-11,23H,1H3,(H,21,24)(H,22,25). The summed E-state index contributed by atoms with van der Waals surface area (Å²) in [6.45, 7) is 1.85. The van der Waals surface area contributed by atoms with Crippen LogP contribution in [0.1, 0.15) is 25.6 Å². The highest BCUT2D eigenvalue weighted by Crippen LogP contribution is 2.26. The van der Waals surface area contributed by atoms with Gasteiger partial charge in [-0.05, 0) is 70.2 Å². The predicted octanol–water partition coefficient (Wildman–Crippen LogP) is 3.69. The van der Waals surface area contributed by atoms with Gasteiger partial charge in [-0.2, -0.15) is 0 Å². The zero-order chi connectivity index (χ0) is 21.0. The van der Waals surface area contributed by atoms with E-state index < -0.39 is 21.8 Å². The van der Waals surface area contributed by atoms with E-state index >= 15 is 0 Å². The number of rotatable bonds is 5. The lowest BCUT2D eigenvalue weighted by Crippen LogP contribution is -2.41. The van der Waals surface area contributed by atoms with Crippen LogP contribution in [-0.2, 0) is 10.0 Å². The number of amides is 2. The maximum atomic E-state index is 12.7. The van der Waals surface area contributed by atoms with Crippen molar-refractivity contribution in [1.29, 1.82) is 0 Å². The molecule has 0 aliphatic carbocycles. The highest BCUT2D eigenvalue weighted by atomic mass is 79.9. The number of hydrazine groups is 1. The number of anilines is 1. The van der Waals surface area contributed by atoms with E-state index in [4.69, 9.17) is 0 Å². The highest BCUT2D eigenvalue weighted by molar-refractivity contribution is 9.10. The lowest BCUT2D eigenvalue weighted by molar-refractivity contribution is 0.0849. The molecule has 0 spiro atoms. The number of hydrogen-bond acceptors (Lipinski definition) is 5. The molecule has 2 amide bonds. The molecule has 1 heterocycles. The van der Waals surface area contributed by atoms with Gasteiger partial charge in [0.25, 0.3) is 21.8 Å². The Morgan fingerprint density at radius 3 is 2.45 bits per heavy atom. The summed E-state index contributed by atoms with van der Waals surface area (Å²) >= 11 is 4.55. The van der Waals surface area contributed by atoms with Gasteiger partial charge >= 0.3 is 0 Å². The summed E-state index contributed by atoms with van der Waals surface area (Å²) in [7, 11) is -3.92. The third-order valence-corrected chi connectivity index (χ3v) is 6.73. The summed E-state index contributed by atoms with van der Waals surface area (Å²) in [6, 6.07) is 14.1. The molecule has 0 unspecified atom stereocenters. The van der Waals surface area contributed by atoms with Crippen LogP contribution in [0.3, 0.4) is 0 Å². The summed E-state index contributed by atoms with van der Waals surface area (Å²) in [5.74, 6) is -1.09. The third kappa shape index (κ3) is 5.22. The number of hydrogen-bond donors (Lipinski definition) is 3.